The Balaban J connectivity index is 2.49. The molecule has 0 spiro atoms. The summed E-state index contributed by atoms with van der Waals surface area (Å²) >= 11 is 3.10. The Morgan fingerprint density at radius 1 is 1.37 bits per heavy atom. The zero-order chi connectivity index (χ0) is 14.4. The van der Waals surface area contributed by atoms with Crippen LogP contribution in [-0.4, -0.2) is 23.9 Å². The Kier molecular flexibility index (Phi) is 3.38. The molecule has 1 heterocycles. The van der Waals surface area contributed by atoms with Gasteiger partial charge in [0.05, 0.1) is 10.2 Å². The van der Waals surface area contributed by atoms with Gasteiger partial charge in [-0.1, -0.05) is 0 Å². The highest BCUT2D eigenvalue weighted by Gasteiger charge is 2.40. The van der Waals surface area contributed by atoms with Gasteiger partial charge in [0.2, 0.25) is 5.91 Å². The first-order valence-corrected chi connectivity index (χ1v) is 6.60. The maximum Gasteiger partial charge on any atom is 0.252 e. The van der Waals surface area contributed by atoms with Crippen molar-refractivity contribution in [1.82, 2.24) is 5.32 Å². The van der Waals surface area contributed by atoms with Gasteiger partial charge in [-0.15, -0.1) is 0 Å². The number of halogens is 2. The highest BCUT2D eigenvalue weighted by atomic mass is 79.9. The molecular weight excluding hydrogens is 315 g/mol. The lowest BCUT2D eigenvalue weighted by Crippen LogP contribution is -2.64. The minimum absolute atomic E-state index is 0.0931. The quantitative estimate of drug-likeness (QED) is 0.858. The summed E-state index contributed by atoms with van der Waals surface area (Å²) in [5.41, 5.74) is 0.173. The van der Waals surface area contributed by atoms with Crippen molar-refractivity contribution in [1.29, 1.82) is 0 Å². The summed E-state index contributed by atoms with van der Waals surface area (Å²) in [7, 11) is 0. The minimum atomic E-state index is -0.981. The number of carbonyl (C=O) groups excluding carboxylic acids is 2. The first-order chi connectivity index (χ1) is 8.72. The lowest BCUT2D eigenvalue weighted by molar-refractivity contribution is -0.134. The van der Waals surface area contributed by atoms with Crippen molar-refractivity contribution in [3.05, 3.63) is 28.0 Å². The average molecular weight is 329 g/mol. The highest BCUT2D eigenvalue weighted by molar-refractivity contribution is 9.10. The predicted molar refractivity (Wildman–Crippen MR) is 73.4 cm³/mol. The van der Waals surface area contributed by atoms with Gasteiger partial charge in [0.1, 0.15) is 17.9 Å². The molecular formula is C13H14BrFN2O2. The van der Waals surface area contributed by atoms with Crippen molar-refractivity contribution in [2.75, 3.05) is 11.4 Å². The van der Waals surface area contributed by atoms with Crippen LogP contribution in [0.5, 0.6) is 0 Å². The SMILES string of the molecule is Cc1cc(Br)c(F)cc1N1CC(=O)NC(C)(C)C1=O. The Bertz CT molecular complexity index is 572. The van der Waals surface area contributed by atoms with E-state index in [-0.39, 0.29) is 18.4 Å². The first kappa shape index (κ1) is 14.0. The molecule has 4 nitrogen and oxygen atoms in total. The molecule has 19 heavy (non-hydrogen) atoms. The second-order valence-electron chi connectivity index (χ2n) is 5.12. The standard InChI is InChI=1S/C13H14BrFN2O2/c1-7-4-8(14)9(15)5-10(7)17-6-11(18)16-13(2,3)12(17)19/h4-5H,6H2,1-3H3,(H,16,18). The number of amides is 2. The molecule has 0 aliphatic carbocycles. The van der Waals surface area contributed by atoms with E-state index in [4.69, 9.17) is 0 Å². The van der Waals surface area contributed by atoms with Crippen LogP contribution < -0.4 is 10.2 Å². The van der Waals surface area contributed by atoms with Crippen molar-refractivity contribution >= 4 is 33.4 Å². The van der Waals surface area contributed by atoms with Gasteiger partial charge >= 0.3 is 0 Å². The molecule has 0 aromatic heterocycles. The van der Waals surface area contributed by atoms with E-state index in [9.17, 15) is 14.0 Å². The van der Waals surface area contributed by atoms with Gasteiger partial charge < -0.3 is 10.2 Å². The molecule has 0 radical (unpaired) electrons. The molecule has 1 N–H and O–H groups in total. The monoisotopic (exact) mass is 328 g/mol. The summed E-state index contributed by atoms with van der Waals surface area (Å²) in [5.74, 6) is -0.971. The third-order valence-corrected chi connectivity index (χ3v) is 3.67. The summed E-state index contributed by atoms with van der Waals surface area (Å²) < 4.78 is 14.0. The van der Waals surface area contributed by atoms with E-state index in [2.05, 4.69) is 21.2 Å². The molecule has 1 aliphatic rings. The number of nitrogens with one attached hydrogen (secondary N) is 1. The molecule has 1 aliphatic heterocycles. The molecule has 0 bridgehead atoms. The number of rotatable bonds is 1. The third kappa shape index (κ3) is 2.49. The number of piperazine rings is 1. The van der Waals surface area contributed by atoms with Crippen LogP contribution in [0, 0.1) is 12.7 Å². The van der Waals surface area contributed by atoms with E-state index in [1.165, 1.54) is 11.0 Å². The summed E-state index contributed by atoms with van der Waals surface area (Å²) in [4.78, 5) is 25.3. The normalized spacial score (nSPS) is 18.5. The van der Waals surface area contributed by atoms with Gasteiger partial charge in [-0.2, -0.15) is 0 Å². The van der Waals surface area contributed by atoms with E-state index in [1.807, 2.05) is 0 Å². The van der Waals surface area contributed by atoms with Gasteiger partial charge in [-0.25, -0.2) is 4.39 Å². The van der Waals surface area contributed by atoms with E-state index in [0.29, 0.717) is 10.2 Å². The second kappa shape index (κ2) is 4.59. The van der Waals surface area contributed by atoms with Gasteiger partial charge in [0, 0.05) is 0 Å². The molecule has 6 heteroatoms. The molecule has 2 amide bonds. The van der Waals surface area contributed by atoms with Crippen LogP contribution in [0.2, 0.25) is 0 Å². The summed E-state index contributed by atoms with van der Waals surface area (Å²) in [6, 6.07) is 2.86. The molecule has 102 valence electrons. The zero-order valence-electron chi connectivity index (χ0n) is 10.9. The van der Waals surface area contributed by atoms with Crippen molar-refractivity contribution in [3.63, 3.8) is 0 Å². The second-order valence-corrected chi connectivity index (χ2v) is 5.97. The molecule has 1 aromatic rings. The number of carbonyl (C=O) groups is 2. The van der Waals surface area contributed by atoms with Crippen LogP contribution in [0.15, 0.2) is 16.6 Å². The summed E-state index contributed by atoms with van der Waals surface area (Å²) in [5, 5.41) is 2.62. The largest absolute Gasteiger partial charge is 0.341 e. The lowest BCUT2D eigenvalue weighted by atomic mass is 9.99. The molecule has 0 unspecified atom stereocenters. The van der Waals surface area contributed by atoms with Crippen molar-refractivity contribution in [2.24, 2.45) is 0 Å². The van der Waals surface area contributed by atoms with E-state index in [0.717, 1.165) is 5.56 Å². The average Bonchev–Trinajstić information content (AvgIpc) is 2.28. The number of aryl methyl sites for hydroxylation is 1. The topological polar surface area (TPSA) is 49.4 Å². The van der Waals surface area contributed by atoms with Crippen LogP contribution >= 0.6 is 15.9 Å². The van der Waals surface area contributed by atoms with Crippen LogP contribution in [0.4, 0.5) is 10.1 Å². The van der Waals surface area contributed by atoms with Crippen LogP contribution in [0.1, 0.15) is 19.4 Å². The number of benzene rings is 1. The third-order valence-electron chi connectivity index (χ3n) is 3.06. The van der Waals surface area contributed by atoms with Gasteiger partial charge in [0.25, 0.3) is 5.91 Å². The fraction of sp³-hybridized carbons (Fsp3) is 0.385. The van der Waals surface area contributed by atoms with Crippen LogP contribution in [0.3, 0.4) is 0 Å². The van der Waals surface area contributed by atoms with E-state index >= 15 is 0 Å². The van der Waals surface area contributed by atoms with Gasteiger partial charge in [-0.05, 0) is 54.4 Å². The molecule has 2 rings (SSSR count). The van der Waals surface area contributed by atoms with Crippen LogP contribution in [-0.2, 0) is 9.59 Å². The Morgan fingerprint density at radius 3 is 2.63 bits per heavy atom. The maximum absolute atomic E-state index is 13.6. The molecule has 0 saturated carbocycles. The minimum Gasteiger partial charge on any atom is -0.341 e. The van der Waals surface area contributed by atoms with E-state index in [1.54, 1.807) is 26.8 Å². The fourth-order valence-corrected chi connectivity index (χ4v) is 2.57. The molecule has 1 aromatic carbocycles. The fourth-order valence-electron chi connectivity index (χ4n) is 2.12. The summed E-state index contributed by atoms with van der Waals surface area (Å²) in [6.07, 6.45) is 0. The maximum atomic E-state index is 13.6. The Morgan fingerprint density at radius 2 is 2.00 bits per heavy atom. The Hall–Kier alpha value is -1.43. The van der Waals surface area contributed by atoms with Gasteiger partial charge in [-0.3, -0.25) is 9.59 Å². The number of nitrogens with zero attached hydrogens (tertiary/aromatic N) is 1. The summed E-state index contributed by atoms with van der Waals surface area (Å²) in [6.45, 7) is 4.93. The Labute approximate surface area is 119 Å². The van der Waals surface area contributed by atoms with Crippen molar-refractivity contribution < 1.29 is 14.0 Å². The van der Waals surface area contributed by atoms with E-state index < -0.39 is 11.4 Å². The highest BCUT2D eigenvalue weighted by Crippen LogP contribution is 2.29. The zero-order valence-corrected chi connectivity index (χ0v) is 12.5. The molecule has 0 atom stereocenters. The lowest BCUT2D eigenvalue weighted by Gasteiger charge is -2.38. The van der Waals surface area contributed by atoms with Crippen LogP contribution in [0.25, 0.3) is 0 Å². The predicted octanol–water partition coefficient (Wildman–Crippen LogP) is 2.14. The molecule has 1 fully saturated rings. The number of hydrogen-bond acceptors (Lipinski definition) is 2. The van der Waals surface area contributed by atoms with Gasteiger partial charge in [0.15, 0.2) is 0 Å². The number of anilines is 1. The van der Waals surface area contributed by atoms with Crippen molar-refractivity contribution in [3.8, 4) is 0 Å². The smallest absolute Gasteiger partial charge is 0.252 e. The molecule has 1 saturated heterocycles. The van der Waals surface area contributed by atoms with Crippen molar-refractivity contribution in [2.45, 2.75) is 26.3 Å². The first-order valence-electron chi connectivity index (χ1n) is 5.81. The number of hydrogen-bond donors (Lipinski definition) is 1.